The molecule has 0 saturated heterocycles. The molecule has 0 heterocycles. The van der Waals surface area contributed by atoms with Crippen LogP contribution in [-0.4, -0.2) is 24.3 Å². The zero-order valence-corrected chi connectivity index (χ0v) is 7.12. The molecule has 0 saturated carbocycles. The van der Waals surface area contributed by atoms with Crippen molar-refractivity contribution in [3.8, 4) is 6.07 Å². The third-order valence-corrected chi connectivity index (χ3v) is 1.44. The van der Waals surface area contributed by atoms with Gasteiger partial charge in [-0.3, -0.25) is 4.79 Å². The van der Waals surface area contributed by atoms with Crippen LogP contribution in [0.25, 0.3) is 0 Å². The van der Waals surface area contributed by atoms with E-state index in [0.29, 0.717) is 13.0 Å². The second kappa shape index (κ2) is 6.62. The molecule has 1 atom stereocenters. The third kappa shape index (κ3) is 3.94. The quantitative estimate of drug-likeness (QED) is 0.610. The van der Waals surface area contributed by atoms with Gasteiger partial charge in [0.05, 0.1) is 18.6 Å². The molecule has 0 aliphatic heterocycles. The molecular formula is C8H13NO3. The molecule has 1 N–H and O–H groups in total. The number of nitriles is 1. The van der Waals surface area contributed by atoms with Crippen molar-refractivity contribution < 1.29 is 14.6 Å². The lowest BCUT2D eigenvalue weighted by molar-refractivity contribution is -0.148. The number of aliphatic hydroxyl groups is 1. The van der Waals surface area contributed by atoms with Crippen LogP contribution in [0.5, 0.6) is 0 Å². The van der Waals surface area contributed by atoms with Gasteiger partial charge in [0.25, 0.3) is 0 Å². The third-order valence-electron chi connectivity index (χ3n) is 1.44. The summed E-state index contributed by atoms with van der Waals surface area (Å²) < 4.78 is 4.71. The van der Waals surface area contributed by atoms with Gasteiger partial charge >= 0.3 is 5.97 Å². The number of hydrogen-bond donors (Lipinski definition) is 1. The molecule has 1 unspecified atom stereocenters. The second-order valence-electron chi connectivity index (χ2n) is 2.32. The minimum absolute atomic E-state index is 0.0921. The summed E-state index contributed by atoms with van der Waals surface area (Å²) in [7, 11) is 0. The van der Waals surface area contributed by atoms with E-state index in [2.05, 4.69) is 0 Å². The highest BCUT2D eigenvalue weighted by Gasteiger charge is 2.18. The van der Waals surface area contributed by atoms with Gasteiger partial charge in [-0.15, -0.1) is 0 Å². The average Bonchev–Trinajstić information content (AvgIpc) is 2.04. The highest BCUT2D eigenvalue weighted by Crippen LogP contribution is 2.09. The van der Waals surface area contributed by atoms with E-state index in [9.17, 15) is 4.79 Å². The number of esters is 1. The Bertz CT molecular complexity index is 174. The van der Waals surface area contributed by atoms with E-state index in [1.165, 1.54) is 0 Å². The van der Waals surface area contributed by atoms with E-state index in [0.717, 1.165) is 0 Å². The van der Waals surface area contributed by atoms with Gasteiger partial charge < -0.3 is 9.84 Å². The number of ether oxygens (including phenoxy) is 1. The van der Waals surface area contributed by atoms with Crippen LogP contribution in [0, 0.1) is 17.2 Å². The molecule has 12 heavy (non-hydrogen) atoms. The van der Waals surface area contributed by atoms with Crippen molar-refractivity contribution in [2.45, 2.75) is 19.8 Å². The van der Waals surface area contributed by atoms with Gasteiger partial charge in [0.15, 0.2) is 0 Å². The fourth-order valence-corrected chi connectivity index (χ4v) is 0.829. The van der Waals surface area contributed by atoms with Gasteiger partial charge in [-0.1, -0.05) is 0 Å². The molecule has 4 nitrogen and oxygen atoms in total. The van der Waals surface area contributed by atoms with Crippen molar-refractivity contribution in [3.05, 3.63) is 0 Å². The topological polar surface area (TPSA) is 70.3 Å². The van der Waals surface area contributed by atoms with E-state index in [-0.39, 0.29) is 13.0 Å². The standard InChI is InChI=1S/C8H13NO3/c1-2-12-8(11)7(3-5-9)4-6-10/h7,10H,2-4,6H2,1H3. The molecular weight excluding hydrogens is 158 g/mol. The normalized spacial score (nSPS) is 11.8. The zero-order chi connectivity index (χ0) is 9.40. The molecule has 0 rings (SSSR count). The van der Waals surface area contributed by atoms with Gasteiger partial charge in [-0.05, 0) is 13.3 Å². The molecule has 0 fully saturated rings. The summed E-state index contributed by atoms with van der Waals surface area (Å²) in [5.74, 6) is -0.868. The predicted molar refractivity (Wildman–Crippen MR) is 42.1 cm³/mol. The second-order valence-corrected chi connectivity index (χ2v) is 2.32. The van der Waals surface area contributed by atoms with Crippen molar-refractivity contribution in [2.24, 2.45) is 5.92 Å². The van der Waals surface area contributed by atoms with Crippen LogP contribution >= 0.6 is 0 Å². The molecule has 0 aromatic carbocycles. The van der Waals surface area contributed by atoms with Crippen molar-refractivity contribution in [3.63, 3.8) is 0 Å². The average molecular weight is 171 g/mol. The zero-order valence-electron chi connectivity index (χ0n) is 7.12. The fourth-order valence-electron chi connectivity index (χ4n) is 0.829. The summed E-state index contributed by atoms with van der Waals surface area (Å²) in [4.78, 5) is 11.0. The molecule has 0 bridgehead atoms. The van der Waals surface area contributed by atoms with E-state index in [1.807, 2.05) is 6.07 Å². The molecule has 0 aromatic rings. The summed E-state index contributed by atoms with van der Waals surface area (Å²) >= 11 is 0. The van der Waals surface area contributed by atoms with E-state index in [4.69, 9.17) is 15.1 Å². The predicted octanol–water partition coefficient (Wildman–Crippen LogP) is 0.462. The molecule has 0 aromatic heterocycles. The van der Waals surface area contributed by atoms with Crippen molar-refractivity contribution in [1.29, 1.82) is 5.26 Å². The monoisotopic (exact) mass is 171 g/mol. The Kier molecular flexibility index (Phi) is 6.02. The summed E-state index contributed by atoms with van der Waals surface area (Å²) in [6, 6.07) is 1.88. The van der Waals surface area contributed by atoms with E-state index >= 15 is 0 Å². The molecule has 0 amide bonds. The maximum atomic E-state index is 11.0. The first-order valence-corrected chi connectivity index (χ1v) is 3.90. The van der Waals surface area contributed by atoms with Crippen LogP contribution in [-0.2, 0) is 9.53 Å². The minimum Gasteiger partial charge on any atom is -0.466 e. The van der Waals surface area contributed by atoms with Crippen LogP contribution in [0.15, 0.2) is 0 Å². The number of carbonyl (C=O) groups excluding carboxylic acids is 1. The number of carbonyl (C=O) groups is 1. The van der Waals surface area contributed by atoms with Gasteiger partial charge in [0, 0.05) is 13.0 Å². The maximum absolute atomic E-state index is 11.0. The summed E-state index contributed by atoms with van der Waals surface area (Å²) in [6.45, 7) is 1.93. The van der Waals surface area contributed by atoms with Gasteiger partial charge in [-0.2, -0.15) is 5.26 Å². The Balaban J connectivity index is 3.92. The SMILES string of the molecule is CCOC(=O)C(CC#N)CCO. The summed E-state index contributed by atoms with van der Waals surface area (Å²) in [5, 5.41) is 16.9. The van der Waals surface area contributed by atoms with E-state index in [1.54, 1.807) is 6.92 Å². The Morgan fingerprint density at radius 3 is 2.83 bits per heavy atom. The first-order chi connectivity index (χ1) is 5.76. The number of rotatable bonds is 5. The largest absolute Gasteiger partial charge is 0.466 e. The first-order valence-electron chi connectivity index (χ1n) is 3.90. The molecule has 0 aliphatic carbocycles. The smallest absolute Gasteiger partial charge is 0.310 e. The van der Waals surface area contributed by atoms with Crippen LogP contribution in [0.4, 0.5) is 0 Å². The van der Waals surface area contributed by atoms with E-state index < -0.39 is 11.9 Å². The van der Waals surface area contributed by atoms with Crippen LogP contribution < -0.4 is 0 Å². The maximum Gasteiger partial charge on any atom is 0.310 e. The minimum atomic E-state index is -0.472. The molecule has 0 spiro atoms. The first kappa shape index (κ1) is 10.9. The van der Waals surface area contributed by atoms with Gasteiger partial charge in [0.2, 0.25) is 0 Å². The number of hydrogen-bond acceptors (Lipinski definition) is 4. The molecule has 0 aliphatic rings. The highest BCUT2D eigenvalue weighted by molar-refractivity contribution is 5.72. The van der Waals surface area contributed by atoms with Crippen molar-refractivity contribution in [2.75, 3.05) is 13.2 Å². The number of aliphatic hydroxyl groups excluding tert-OH is 1. The summed E-state index contributed by atoms with van der Waals surface area (Å²) in [6.07, 6.45) is 0.409. The summed E-state index contributed by atoms with van der Waals surface area (Å²) in [5.41, 5.74) is 0. The molecule has 4 heteroatoms. The fraction of sp³-hybridized carbons (Fsp3) is 0.750. The van der Waals surface area contributed by atoms with Crippen molar-refractivity contribution >= 4 is 5.97 Å². The molecule has 0 radical (unpaired) electrons. The van der Waals surface area contributed by atoms with Gasteiger partial charge in [0.1, 0.15) is 0 Å². The van der Waals surface area contributed by atoms with Crippen LogP contribution in [0.2, 0.25) is 0 Å². The Labute approximate surface area is 71.8 Å². The lowest BCUT2D eigenvalue weighted by atomic mass is 10.0. The Hall–Kier alpha value is -1.08. The Morgan fingerprint density at radius 1 is 1.75 bits per heavy atom. The highest BCUT2D eigenvalue weighted by atomic mass is 16.5. The van der Waals surface area contributed by atoms with Crippen LogP contribution in [0.1, 0.15) is 19.8 Å². The van der Waals surface area contributed by atoms with Crippen LogP contribution in [0.3, 0.4) is 0 Å². The lowest BCUT2D eigenvalue weighted by Gasteiger charge is -2.09. The number of nitrogens with zero attached hydrogens (tertiary/aromatic N) is 1. The van der Waals surface area contributed by atoms with Gasteiger partial charge in [-0.25, -0.2) is 0 Å². The lowest BCUT2D eigenvalue weighted by Crippen LogP contribution is -2.18. The molecule has 68 valence electrons. The Morgan fingerprint density at radius 2 is 2.42 bits per heavy atom. The van der Waals surface area contributed by atoms with Crippen molar-refractivity contribution in [1.82, 2.24) is 0 Å².